The minimum absolute atomic E-state index is 0.311. The van der Waals surface area contributed by atoms with Crippen LogP contribution in [0.2, 0.25) is 0 Å². The van der Waals surface area contributed by atoms with Crippen molar-refractivity contribution in [1.82, 2.24) is 9.62 Å². The van der Waals surface area contributed by atoms with Crippen molar-refractivity contribution in [2.24, 2.45) is 0 Å². The van der Waals surface area contributed by atoms with Crippen molar-refractivity contribution in [3.63, 3.8) is 0 Å². The Morgan fingerprint density at radius 3 is 2.78 bits per heavy atom. The molecule has 0 bridgehead atoms. The molecule has 0 aliphatic carbocycles. The van der Waals surface area contributed by atoms with Crippen LogP contribution in [0.15, 0.2) is 53.4 Å². The zero-order valence-electron chi connectivity index (χ0n) is 15.0. The Morgan fingerprint density at radius 2 is 2.00 bits per heavy atom. The number of piperidine rings is 1. The summed E-state index contributed by atoms with van der Waals surface area (Å²) in [6, 6.07) is 16.7. The van der Waals surface area contributed by atoms with E-state index in [4.69, 9.17) is 5.26 Å². The second-order valence-electron chi connectivity index (χ2n) is 7.36. The van der Waals surface area contributed by atoms with Gasteiger partial charge < -0.3 is 9.87 Å². The van der Waals surface area contributed by atoms with E-state index >= 15 is 0 Å². The summed E-state index contributed by atoms with van der Waals surface area (Å²) < 4.78 is 28.8. The Hall–Kier alpha value is -2.24. The van der Waals surface area contributed by atoms with E-state index in [1.807, 2.05) is 36.4 Å². The number of anilines is 1. The molecule has 2 aliphatic rings. The summed E-state index contributed by atoms with van der Waals surface area (Å²) in [5.74, 6) is 0. The van der Waals surface area contributed by atoms with Crippen molar-refractivity contribution in [1.29, 1.82) is 5.26 Å². The molecule has 0 saturated carbocycles. The van der Waals surface area contributed by atoms with Crippen LogP contribution in [-0.2, 0) is 21.2 Å². The fourth-order valence-corrected chi connectivity index (χ4v) is 5.63. The highest BCUT2D eigenvalue weighted by Gasteiger charge is 2.44. The number of nitrogens with one attached hydrogen (secondary N) is 2. The third kappa shape index (κ3) is 3.75. The predicted octanol–water partition coefficient (Wildman–Crippen LogP) is 2.51. The molecule has 2 atom stereocenters. The molecule has 2 aromatic carbocycles. The number of likely N-dealkylation sites (tertiary alicyclic amines) is 1. The topological polar surface area (TPSA) is 91.2 Å². The lowest BCUT2D eigenvalue weighted by Gasteiger charge is -2.42. The smallest absolute Gasteiger partial charge is 0.198 e. The summed E-state index contributed by atoms with van der Waals surface area (Å²) in [5, 5.41) is 12.3. The minimum Gasteiger partial charge on any atom is -0.593 e. The first-order valence-corrected chi connectivity index (χ1v) is 10.6. The van der Waals surface area contributed by atoms with Crippen LogP contribution < -0.4 is 10.0 Å². The van der Waals surface area contributed by atoms with Gasteiger partial charge in [0.05, 0.1) is 22.9 Å². The highest BCUT2D eigenvalue weighted by Crippen LogP contribution is 2.33. The number of fused-ring (bicyclic) bond motifs is 1. The molecule has 2 N–H and O–H groups in total. The van der Waals surface area contributed by atoms with E-state index in [0.29, 0.717) is 29.2 Å². The van der Waals surface area contributed by atoms with Crippen LogP contribution >= 0.6 is 0 Å². The molecule has 7 heteroatoms. The molecule has 27 heavy (non-hydrogen) atoms. The molecule has 1 fully saturated rings. The van der Waals surface area contributed by atoms with E-state index in [9.17, 15) is 8.76 Å². The SMILES string of the molecule is N#Cc1ccc(CN2CCCC3(CNc4ccccc4[S+](=O)([O-])N3)C2)cc1. The van der Waals surface area contributed by atoms with E-state index in [0.717, 1.165) is 31.5 Å². The van der Waals surface area contributed by atoms with E-state index in [2.05, 4.69) is 21.0 Å². The van der Waals surface area contributed by atoms with Gasteiger partial charge in [-0.15, -0.1) is 4.72 Å². The van der Waals surface area contributed by atoms with Crippen molar-refractivity contribution in [2.45, 2.75) is 29.8 Å². The van der Waals surface area contributed by atoms with Crippen LogP contribution in [0.3, 0.4) is 0 Å². The van der Waals surface area contributed by atoms with Gasteiger partial charge >= 0.3 is 0 Å². The van der Waals surface area contributed by atoms with Crippen molar-refractivity contribution < 1.29 is 8.76 Å². The Balaban J connectivity index is 1.53. The third-order valence-corrected chi connectivity index (χ3v) is 6.93. The Morgan fingerprint density at radius 1 is 1.22 bits per heavy atom. The number of nitriles is 1. The summed E-state index contributed by atoms with van der Waals surface area (Å²) in [6.45, 7) is 2.87. The van der Waals surface area contributed by atoms with Crippen molar-refractivity contribution in [3.05, 3.63) is 59.7 Å². The molecular formula is C20H22N4O2S. The van der Waals surface area contributed by atoms with Crippen molar-refractivity contribution in [3.8, 4) is 6.07 Å². The second-order valence-corrected chi connectivity index (χ2v) is 9.01. The van der Waals surface area contributed by atoms with E-state index in [-0.39, 0.29) is 0 Å². The normalized spacial score (nSPS) is 28.0. The van der Waals surface area contributed by atoms with E-state index in [1.54, 1.807) is 12.1 Å². The average molecular weight is 382 g/mol. The maximum atomic E-state index is 12.9. The van der Waals surface area contributed by atoms with Gasteiger partial charge in [0.1, 0.15) is 0 Å². The number of rotatable bonds is 2. The first-order valence-electron chi connectivity index (χ1n) is 9.08. The van der Waals surface area contributed by atoms with Gasteiger partial charge in [-0.3, -0.25) is 4.90 Å². The van der Waals surface area contributed by atoms with Gasteiger partial charge in [0.25, 0.3) is 0 Å². The maximum absolute atomic E-state index is 12.9. The molecule has 4 rings (SSSR count). The quantitative estimate of drug-likeness (QED) is 0.779. The van der Waals surface area contributed by atoms with Crippen molar-refractivity contribution >= 4 is 16.1 Å². The van der Waals surface area contributed by atoms with Crippen molar-refractivity contribution in [2.75, 3.05) is 25.0 Å². The minimum atomic E-state index is -3.57. The fourth-order valence-electron chi connectivity index (χ4n) is 4.02. The van der Waals surface area contributed by atoms with Crippen LogP contribution in [0.4, 0.5) is 5.69 Å². The lowest BCUT2D eigenvalue weighted by atomic mass is 9.89. The highest BCUT2D eigenvalue weighted by atomic mass is 32.3. The molecule has 0 aromatic heterocycles. The molecule has 2 aromatic rings. The molecule has 2 aliphatic heterocycles. The zero-order chi connectivity index (χ0) is 18.9. The molecule has 2 unspecified atom stereocenters. The summed E-state index contributed by atoms with van der Waals surface area (Å²) in [5.41, 5.74) is 1.90. The monoisotopic (exact) mass is 382 g/mol. The molecule has 1 spiro atoms. The van der Waals surface area contributed by atoms with Gasteiger partial charge in [0, 0.05) is 19.6 Å². The van der Waals surface area contributed by atoms with Gasteiger partial charge in [-0.25, -0.2) is 0 Å². The number of para-hydroxylation sites is 1. The van der Waals surface area contributed by atoms with Gasteiger partial charge in [0.2, 0.25) is 0 Å². The average Bonchev–Trinajstić information content (AvgIpc) is 2.77. The molecule has 0 radical (unpaired) electrons. The van der Waals surface area contributed by atoms with Gasteiger partial charge in [0.15, 0.2) is 15.3 Å². The highest BCUT2D eigenvalue weighted by molar-refractivity contribution is 7.96. The Bertz CT molecular complexity index is 924. The Kier molecular flexibility index (Phi) is 4.74. The lowest BCUT2D eigenvalue weighted by molar-refractivity contribution is 0.137. The summed E-state index contributed by atoms with van der Waals surface area (Å²) in [7, 11) is -3.57. The maximum Gasteiger partial charge on any atom is 0.198 e. The summed E-state index contributed by atoms with van der Waals surface area (Å²) >= 11 is 0. The second kappa shape index (κ2) is 7.06. The Labute approximate surface area is 160 Å². The third-order valence-electron chi connectivity index (χ3n) is 5.29. The molecule has 2 heterocycles. The number of hydrogen-bond donors (Lipinski definition) is 2. The first kappa shape index (κ1) is 18.1. The lowest BCUT2D eigenvalue weighted by Crippen LogP contribution is -2.62. The van der Waals surface area contributed by atoms with Gasteiger partial charge in [-0.1, -0.05) is 28.5 Å². The summed E-state index contributed by atoms with van der Waals surface area (Å²) in [4.78, 5) is 2.59. The van der Waals surface area contributed by atoms with Crippen LogP contribution in [0.5, 0.6) is 0 Å². The number of sulfonamides is 1. The van der Waals surface area contributed by atoms with Crippen LogP contribution in [0, 0.1) is 11.3 Å². The largest absolute Gasteiger partial charge is 0.593 e. The fraction of sp³-hybridized carbons (Fsp3) is 0.350. The standard InChI is InChI=1S/C20H22N4O2S/c21-12-16-6-8-17(9-7-16)13-24-11-3-10-20(15-24)14-22-18-4-1-2-5-19(18)27(25,26)23-20/h1-2,4-9,22H,3,10-11,13-15H2,(H-,23,25,26). The molecular weight excluding hydrogens is 360 g/mol. The molecule has 6 nitrogen and oxygen atoms in total. The van der Waals surface area contributed by atoms with Crippen LogP contribution in [-0.4, -0.2) is 34.6 Å². The van der Waals surface area contributed by atoms with Crippen LogP contribution in [0.1, 0.15) is 24.0 Å². The van der Waals surface area contributed by atoms with Gasteiger partial charge in [-0.05, 0) is 49.2 Å². The predicted molar refractivity (Wildman–Crippen MR) is 104 cm³/mol. The number of nitrogens with zero attached hydrogens (tertiary/aromatic N) is 2. The number of hydrogen-bond acceptors (Lipinski definition) is 5. The molecule has 0 amide bonds. The van der Waals surface area contributed by atoms with Crippen LogP contribution in [0.25, 0.3) is 0 Å². The van der Waals surface area contributed by atoms with E-state index < -0.39 is 15.9 Å². The van der Waals surface area contributed by atoms with Gasteiger partial charge in [-0.2, -0.15) is 5.26 Å². The number of benzene rings is 2. The molecule has 140 valence electrons. The zero-order valence-corrected chi connectivity index (χ0v) is 15.8. The van der Waals surface area contributed by atoms with E-state index in [1.165, 1.54) is 0 Å². The first-order chi connectivity index (χ1) is 13.0. The molecule has 1 saturated heterocycles. The summed E-state index contributed by atoms with van der Waals surface area (Å²) in [6.07, 6.45) is 1.73.